The van der Waals surface area contributed by atoms with Crippen molar-refractivity contribution in [2.45, 2.75) is 6.18 Å². The molecule has 3 N–H and O–H groups in total. The van der Waals surface area contributed by atoms with Gasteiger partial charge in [0.15, 0.2) is 6.61 Å². The van der Waals surface area contributed by atoms with Crippen LogP contribution in [0.25, 0.3) is 0 Å². The quantitative estimate of drug-likeness (QED) is 0.665. The Hall–Kier alpha value is -1.24. The average molecular weight is 297 g/mol. The van der Waals surface area contributed by atoms with E-state index >= 15 is 0 Å². The van der Waals surface area contributed by atoms with Gasteiger partial charge in [0.25, 0.3) is 0 Å². The molecule has 0 aromatic heterocycles. The van der Waals surface area contributed by atoms with E-state index in [-0.39, 0.29) is 17.1 Å². The van der Waals surface area contributed by atoms with E-state index < -0.39 is 12.8 Å². The van der Waals surface area contributed by atoms with Gasteiger partial charge in [-0.05, 0) is 18.2 Å². The minimum absolute atomic E-state index is 0.0702. The van der Waals surface area contributed by atoms with Crippen molar-refractivity contribution in [2.24, 2.45) is 5.73 Å². The Morgan fingerprint density at radius 2 is 2.06 bits per heavy atom. The molecule has 0 fully saturated rings. The van der Waals surface area contributed by atoms with Crippen molar-refractivity contribution in [3.05, 3.63) is 28.2 Å². The van der Waals surface area contributed by atoms with Crippen LogP contribution in [-0.2, 0) is 0 Å². The van der Waals surface area contributed by atoms with E-state index in [4.69, 9.17) is 11.1 Å². The first-order valence-corrected chi connectivity index (χ1v) is 4.92. The van der Waals surface area contributed by atoms with Crippen LogP contribution < -0.4 is 10.5 Å². The number of ether oxygens (including phenoxy) is 1. The maximum atomic E-state index is 12.0. The zero-order valence-electron chi connectivity index (χ0n) is 7.94. The summed E-state index contributed by atoms with van der Waals surface area (Å²) >= 11 is 3.09. The summed E-state index contributed by atoms with van der Waals surface area (Å²) in [5.41, 5.74) is 5.34. The summed E-state index contributed by atoms with van der Waals surface area (Å²) in [5, 5.41) is 7.18. The highest BCUT2D eigenvalue weighted by molar-refractivity contribution is 9.10. The molecule has 0 spiro atoms. The van der Waals surface area contributed by atoms with Crippen molar-refractivity contribution < 1.29 is 17.9 Å². The third-order valence-electron chi connectivity index (χ3n) is 1.63. The van der Waals surface area contributed by atoms with Crippen molar-refractivity contribution in [3.8, 4) is 5.75 Å². The molecule has 0 amide bonds. The molecule has 88 valence electrons. The fraction of sp³-hybridized carbons (Fsp3) is 0.222. The van der Waals surface area contributed by atoms with Crippen molar-refractivity contribution in [1.82, 2.24) is 0 Å². The standard InChI is InChI=1S/C9H8BrF3N2O/c10-5-1-2-6(8(14)15)7(3-5)16-4-9(11,12)13/h1-3H,4H2,(H3,14,15). The molecule has 1 aromatic rings. The molecule has 0 saturated carbocycles. The average Bonchev–Trinajstić information content (AvgIpc) is 2.13. The molecule has 0 radical (unpaired) electrons. The highest BCUT2D eigenvalue weighted by Gasteiger charge is 2.29. The summed E-state index contributed by atoms with van der Waals surface area (Å²) in [5.74, 6) is -0.413. The second-order valence-electron chi connectivity index (χ2n) is 2.96. The number of hydrogen-bond acceptors (Lipinski definition) is 2. The van der Waals surface area contributed by atoms with E-state index in [0.29, 0.717) is 4.47 Å². The Morgan fingerprint density at radius 3 is 2.56 bits per heavy atom. The summed E-state index contributed by atoms with van der Waals surface area (Å²) in [6.45, 7) is -1.41. The molecule has 7 heteroatoms. The molecule has 0 bridgehead atoms. The van der Waals surface area contributed by atoms with Gasteiger partial charge in [-0.15, -0.1) is 0 Å². The van der Waals surface area contributed by atoms with Gasteiger partial charge >= 0.3 is 6.18 Å². The van der Waals surface area contributed by atoms with Gasteiger partial charge in [0.2, 0.25) is 0 Å². The first-order valence-electron chi connectivity index (χ1n) is 4.13. The summed E-state index contributed by atoms with van der Waals surface area (Å²) in [6.07, 6.45) is -4.42. The van der Waals surface area contributed by atoms with Crippen LogP contribution in [0, 0.1) is 5.41 Å². The van der Waals surface area contributed by atoms with Crippen molar-refractivity contribution in [3.63, 3.8) is 0 Å². The molecule has 0 aliphatic heterocycles. The SMILES string of the molecule is N=C(N)c1ccc(Br)cc1OCC(F)(F)F. The molecule has 0 aliphatic rings. The van der Waals surface area contributed by atoms with E-state index in [9.17, 15) is 13.2 Å². The molecule has 1 rings (SSSR count). The lowest BCUT2D eigenvalue weighted by Crippen LogP contribution is -2.21. The van der Waals surface area contributed by atoms with Crippen LogP contribution in [0.4, 0.5) is 13.2 Å². The fourth-order valence-electron chi connectivity index (χ4n) is 0.998. The smallest absolute Gasteiger partial charge is 0.422 e. The summed E-state index contributed by atoms with van der Waals surface area (Å²) < 4.78 is 41.0. The van der Waals surface area contributed by atoms with Gasteiger partial charge in [-0.1, -0.05) is 15.9 Å². The van der Waals surface area contributed by atoms with Gasteiger partial charge in [-0.2, -0.15) is 13.2 Å². The maximum Gasteiger partial charge on any atom is 0.422 e. The molecule has 1 aromatic carbocycles. The Kier molecular flexibility index (Phi) is 3.79. The summed E-state index contributed by atoms with van der Waals surface area (Å²) in [6, 6.07) is 4.32. The predicted octanol–water partition coefficient (Wildman–Crippen LogP) is 2.67. The molecule has 0 atom stereocenters. The van der Waals surface area contributed by atoms with Crippen LogP contribution in [0.2, 0.25) is 0 Å². The van der Waals surface area contributed by atoms with Gasteiger partial charge in [0.05, 0.1) is 5.56 Å². The maximum absolute atomic E-state index is 12.0. The molecule has 16 heavy (non-hydrogen) atoms. The highest BCUT2D eigenvalue weighted by Crippen LogP contribution is 2.25. The number of nitrogen functional groups attached to an aromatic ring is 1. The van der Waals surface area contributed by atoms with Gasteiger partial charge < -0.3 is 10.5 Å². The number of nitrogens with one attached hydrogen (secondary N) is 1. The molecular weight excluding hydrogens is 289 g/mol. The number of alkyl halides is 3. The van der Waals surface area contributed by atoms with E-state index in [1.54, 1.807) is 6.07 Å². The monoisotopic (exact) mass is 296 g/mol. The number of halogens is 4. The minimum atomic E-state index is -4.42. The topological polar surface area (TPSA) is 59.1 Å². The first kappa shape index (κ1) is 12.8. The van der Waals surface area contributed by atoms with Gasteiger partial charge in [0.1, 0.15) is 11.6 Å². The summed E-state index contributed by atoms with van der Waals surface area (Å²) in [7, 11) is 0. The zero-order chi connectivity index (χ0) is 12.3. The van der Waals surface area contributed by atoms with Gasteiger partial charge in [-0.3, -0.25) is 5.41 Å². The molecule has 3 nitrogen and oxygen atoms in total. The number of hydrogen-bond donors (Lipinski definition) is 2. The van der Waals surface area contributed by atoms with Crippen LogP contribution in [0.15, 0.2) is 22.7 Å². The Morgan fingerprint density at radius 1 is 1.44 bits per heavy atom. The summed E-state index contributed by atoms with van der Waals surface area (Å²) in [4.78, 5) is 0. The van der Waals surface area contributed by atoms with E-state index in [1.807, 2.05) is 0 Å². The van der Waals surface area contributed by atoms with Crippen molar-refractivity contribution >= 4 is 21.8 Å². The minimum Gasteiger partial charge on any atom is -0.483 e. The lowest BCUT2D eigenvalue weighted by Gasteiger charge is -2.12. The molecule has 0 saturated heterocycles. The Bertz CT molecular complexity index is 406. The van der Waals surface area contributed by atoms with Crippen LogP contribution in [0.5, 0.6) is 5.75 Å². The molecular formula is C9H8BrF3N2O. The molecule has 0 unspecified atom stereocenters. The third kappa shape index (κ3) is 3.73. The van der Waals surface area contributed by atoms with E-state index in [0.717, 1.165) is 0 Å². The van der Waals surface area contributed by atoms with Gasteiger partial charge in [-0.25, -0.2) is 0 Å². The lowest BCUT2D eigenvalue weighted by molar-refractivity contribution is -0.153. The van der Waals surface area contributed by atoms with Crippen molar-refractivity contribution in [2.75, 3.05) is 6.61 Å². The lowest BCUT2D eigenvalue weighted by atomic mass is 10.2. The van der Waals surface area contributed by atoms with Crippen molar-refractivity contribution in [1.29, 1.82) is 5.41 Å². The predicted molar refractivity (Wildman–Crippen MR) is 56.7 cm³/mol. The second-order valence-corrected chi connectivity index (χ2v) is 3.87. The number of nitrogens with two attached hydrogens (primary N) is 1. The Labute approximate surface area is 98.0 Å². The second kappa shape index (κ2) is 4.73. The largest absolute Gasteiger partial charge is 0.483 e. The number of rotatable bonds is 3. The first-order chi connectivity index (χ1) is 7.29. The van der Waals surface area contributed by atoms with E-state index in [2.05, 4.69) is 20.7 Å². The van der Waals surface area contributed by atoms with Crippen LogP contribution >= 0.6 is 15.9 Å². The van der Waals surface area contributed by atoms with Crippen LogP contribution in [0.1, 0.15) is 5.56 Å². The third-order valence-corrected chi connectivity index (χ3v) is 2.12. The molecule has 0 heterocycles. The number of benzene rings is 1. The molecule has 0 aliphatic carbocycles. The number of amidine groups is 1. The van der Waals surface area contributed by atoms with Crippen LogP contribution in [-0.4, -0.2) is 18.6 Å². The Balaban J connectivity index is 2.93. The normalized spacial score (nSPS) is 11.2. The van der Waals surface area contributed by atoms with Gasteiger partial charge in [0, 0.05) is 4.47 Å². The fourth-order valence-corrected chi connectivity index (χ4v) is 1.34. The van der Waals surface area contributed by atoms with Crippen LogP contribution in [0.3, 0.4) is 0 Å². The van der Waals surface area contributed by atoms with E-state index in [1.165, 1.54) is 12.1 Å². The zero-order valence-corrected chi connectivity index (χ0v) is 9.52. The highest BCUT2D eigenvalue weighted by atomic mass is 79.9.